The van der Waals surface area contributed by atoms with Gasteiger partial charge in [-0.05, 0) is 36.8 Å². The molecule has 0 saturated heterocycles. The lowest BCUT2D eigenvalue weighted by Gasteiger charge is -2.05. The van der Waals surface area contributed by atoms with Gasteiger partial charge < -0.3 is 14.1 Å². The SMILES string of the molecule is Cc1ccc2[nH]c(=S)n(CCc3nccn3C)c2c1. The number of nitrogens with zero attached hydrogens (tertiary/aromatic N) is 3. The molecular formula is C14H16N4S. The Morgan fingerprint density at radius 3 is 2.95 bits per heavy atom. The Morgan fingerprint density at radius 2 is 2.21 bits per heavy atom. The second-order valence-corrected chi connectivity index (χ2v) is 5.19. The van der Waals surface area contributed by atoms with Crippen molar-refractivity contribution in [3.05, 3.63) is 46.8 Å². The summed E-state index contributed by atoms with van der Waals surface area (Å²) in [6.45, 7) is 2.94. The van der Waals surface area contributed by atoms with Crippen molar-refractivity contribution in [1.82, 2.24) is 19.1 Å². The fourth-order valence-electron chi connectivity index (χ4n) is 2.33. The number of aromatic amines is 1. The molecule has 98 valence electrons. The van der Waals surface area contributed by atoms with E-state index in [0.717, 1.165) is 29.1 Å². The van der Waals surface area contributed by atoms with Crippen molar-refractivity contribution in [1.29, 1.82) is 0 Å². The number of H-pyrrole nitrogens is 1. The van der Waals surface area contributed by atoms with Crippen molar-refractivity contribution >= 4 is 23.3 Å². The molecule has 0 radical (unpaired) electrons. The lowest BCUT2D eigenvalue weighted by atomic mass is 10.2. The van der Waals surface area contributed by atoms with Gasteiger partial charge in [0.05, 0.1) is 11.0 Å². The van der Waals surface area contributed by atoms with Crippen LogP contribution in [0.1, 0.15) is 11.4 Å². The average molecular weight is 272 g/mol. The van der Waals surface area contributed by atoms with Gasteiger partial charge in [-0.1, -0.05) is 6.07 Å². The summed E-state index contributed by atoms with van der Waals surface area (Å²) in [7, 11) is 2.01. The number of hydrogen-bond donors (Lipinski definition) is 1. The van der Waals surface area contributed by atoms with Crippen molar-refractivity contribution in [3.63, 3.8) is 0 Å². The van der Waals surface area contributed by atoms with E-state index in [0.29, 0.717) is 0 Å². The Balaban J connectivity index is 1.96. The summed E-state index contributed by atoms with van der Waals surface area (Å²) in [5.41, 5.74) is 3.50. The van der Waals surface area contributed by atoms with Crippen LogP contribution in [0.15, 0.2) is 30.6 Å². The zero-order valence-electron chi connectivity index (χ0n) is 11.1. The molecule has 0 bridgehead atoms. The molecule has 0 spiro atoms. The van der Waals surface area contributed by atoms with E-state index in [1.54, 1.807) is 0 Å². The molecule has 0 amide bonds. The Bertz CT molecular complexity index is 778. The molecule has 3 aromatic rings. The maximum Gasteiger partial charge on any atom is 0.178 e. The molecule has 0 saturated carbocycles. The Hall–Kier alpha value is -1.88. The maximum absolute atomic E-state index is 5.40. The first-order chi connectivity index (χ1) is 9.15. The van der Waals surface area contributed by atoms with E-state index in [4.69, 9.17) is 12.2 Å². The molecule has 1 N–H and O–H groups in total. The molecule has 0 atom stereocenters. The minimum atomic E-state index is 0.773. The average Bonchev–Trinajstić information content (AvgIpc) is 2.90. The number of nitrogens with one attached hydrogen (secondary N) is 1. The minimum Gasteiger partial charge on any atom is -0.338 e. The van der Waals surface area contributed by atoms with Gasteiger partial charge >= 0.3 is 0 Å². The van der Waals surface area contributed by atoms with Crippen molar-refractivity contribution in [3.8, 4) is 0 Å². The Morgan fingerprint density at radius 1 is 1.37 bits per heavy atom. The Labute approximate surface area is 116 Å². The molecular weight excluding hydrogens is 256 g/mol. The van der Waals surface area contributed by atoms with E-state index in [1.807, 2.05) is 24.0 Å². The van der Waals surface area contributed by atoms with E-state index in [2.05, 4.69) is 39.7 Å². The van der Waals surface area contributed by atoms with E-state index in [-0.39, 0.29) is 0 Å². The molecule has 3 rings (SSSR count). The van der Waals surface area contributed by atoms with Gasteiger partial charge in [-0.3, -0.25) is 0 Å². The molecule has 1 aromatic carbocycles. The third-order valence-electron chi connectivity index (χ3n) is 3.41. The minimum absolute atomic E-state index is 0.773. The molecule has 0 aliphatic carbocycles. The fourth-order valence-corrected chi connectivity index (χ4v) is 2.63. The molecule has 0 unspecified atom stereocenters. The van der Waals surface area contributed by atoms with E-state index in [9.17, 15) is 0 Å². The highest BCUT2D eigenvalue weighted by Gasteiger charge is 2.06. The van der Waals surface area contributed by atoms with Gasteiger partial charge in [-0.15, -0.1) is 0 Å². The number of fused-ring (bicyclic) bond motifs is 1. The maximum atomic E-state index is 5.40. The summed E-state index contributed by atoms with van der Waals surface area (Å²) in [6, 6.07) is 6.34. The second-order valence-electron chi connectivity index (χ2n) is 4.81. The standard InChI is InChI=1S/C14H16N4S/c1-10-3-4-11-12(9-10)18(14(19)16-11)7-5-13-15-6-8-17(13)2/h3-4,6,8-9H,5,7H2,1-2H3,(H,16,19). The smallest absolute Gasteiger partial charge is 0.178 e. The number of aromatic nitrogens is 4. The first kappa shape index (κ1) is 12.2. The van der Waals surface area contributed by atoms with Crippen LogP contribution in [-0.4, -0.2) is 19.1 Å². The van der Waals surface area contributed by atoms with Crippen LogP contribution in [0.5, 0.6) is 0 Å². The van der Waals surface area contributed by atoms with Gasteiger partial charge in [0.1, 0.15) is 5.82 Å². The molecule has 2 aromatic heterocycles. The largest absolute Gasteiger partial charge is 0.338 e. The fraction of sp³-hybridized carbons (Fsp3) is 0.286. The molecule has 0 aliphatic rings. The van der Waals surface area contributed by atoms with Crippen molar-refractivity contribution in [2.75, 3.05) is 0 Å². The van der Waals surface area contributed by atoms with Crippen LogP contribution in [0.4, 0.5) is 0 Å². The summed E-state index contributed by atoms with van der Waals surface area (Å²) in [6.07, 6.45) is 4.67. The molecule has 5 heteroatoms. The first-order valence-electron chi connectivity index (χ1n) is 6.30. The van der Waals surface area contributed by atoms with Crippen molar-refractivity contribution in [2.45, 2.75) is 19.9 Å². The van der Waals surface area contributed by atoms with E-state index in [1.165, 1.54) is 11.1 Å². The summed E-state index contributed by atoms with van der Waals surface area (Å²) < 4.78 is 4.96. The first-order valence-corrected chi connectivity index (χ1v) is 6.71. The van der Waals surface area contributed by atoms with Crippen LogP contribution in [0.2, 0.25) is 0 Å². The summed E-state index contributed by atoms with van der Waals surface area (Å²) >= 11 is 5.40. The zero-order chi connectivity index (χ0) is 13.4. The second kappa shape index (κ2) is 4.66. The quantitative estimate of drug-likeness (QED) is 0.744. The predicted octanol–water partition coefficient (Wildman–Crippen LogP) is 2.98. The molecule has 4 nitrogen and oxygen atoms in total. The highest BCUT2D eigenvalue weighted by molar-refractivity contribution is 7.71. The van der Waals surface area contributed by atoms with E-state index >= 15 is 0 Å². The predicted molar refractivity (Wildman–Crippen MR) is 78.8 cm³/mol. The summed E-state index contributed by atoms with van der Waals surface area (Å²) in [4.78, 5) is 7.60. The van der Waals surface area contributed by atoms with Crippen LogP contribution in [0.3, 0.4) is 0 Å². The molecule has 19 heavy (non-hydrogen) atoms. The lowest BCUT2D eigenvalue weighted by Crippen LogP contribution is -2.05. The highest BCUT2D eigenvalue weighted by Crippen LogP contribution is 2.16. The number of rotatable bonds is 3. The number of benzene rings is 1. The van der Waals surface area contributed by atoms with Crippen LogP contribution in [-0.2, 0) is 20.0 Å². The molecule has 2 heterocycles. The number of aryl methyl sites for hydroxylation is 4. The summed E-state index contributed by atoms with van der Waals surface area (Å²) in [5, 5.41) is 0. The molecule has 0 aliphatic heterocycles. The number of imidazole rings is 2. The number of hydrogen-bond acceptors (Lipinski definition) is 2. The van der Waals surface area contributed by atoms with Crippen LogP contribution < -0.4 is 0 Å². The van der Waals surface area contributed by atoms with Crippen LogP contribution >= 0.6 is 12.2 Å². The van der Waals surface area contributed by atoms with Crippen LogP contribution in [0, 0.1) is 11.7 Å². The topological polar surface area (TPSA) is 38.5 Å². The van der Waals surface area contributed by atoms with Crippen molar-refractivity contribution < 1.29 is 0 Å². The lowest BCUT2D eigenvalue weighted by molar-refractivity contribution is 0.657. The van der Waals surface area contributed by atoms with Crippen LogP contribution in [0.25, 0.3) is 11.0 Å². The van der Waals surface area contributed by atoms with Gasteiger partial charge in [0.15, 0.2) is 4.77 Å². The van der Waals surface area contributed by atoms with Gasteiger partial charge in [0, 0.05) is 32.4 Å². The zero-order valence-corrected chi connectivity index (χ0v) is 11.9. The monoisotopic (exact) mass is 272 g/mol. The van der Waals surface area contributed by atoms with Gasteiger partial charge in [0.2, 0.25) is 0 Å². The van der Waals surface area contributed by atoms with E-state index < -0.39 is 0 Å². The third-order valence-corrected chi connectivity index (χ3v) is 3.73. The van der Waals surface area contributed by atoms with Crippen molar-refractivity contribution in [2.24, 2.45) is 7.05 Å². The third kappa shape index (κ3) is 2.21. The molecule has 0 fully saturated rings. The van der Waals surface area contributed by atoms with Gasteiger partial charge in [0.25, 0.3) is 0 Å². The Kier molecular flexibility index (Phi) is 2.98. The van der Waals surface area contributed by atoms with Gasteiger partial charge in [-0.25, -0.2) is 4.98 Å². The normalized spacial score (nSPS) is 11.3. The highest BCUT2D eigenvalue weighted by atomic mass is 32.1. The summed E-state index contributed by atoms with van der Waals surface area (Å²) in [5.74, 6) is 1.07. The van der Waals surface area contributed by atoms with Gasteiger partial charge in [-0.2, -0.15) is 0 Å².